The Kier molecular flexibility index (Phi) is 3.82. The van der Waals surface area contributed by atoms with Crippen molar-refractivity contribution >= 4 is 11.9 Å². The van der Waals surface area contributed by atoms with Crippen LogP contribution in [0, 0.1) is 6.92 Å². The molecule has 1 amide bonds. The Balaban J connectivity index is 1.62. The van der Waals surface area contributed by atoms with Crippen LogP contribution in [0.15, 0.2) is 24.3 Å². The van der Waals surface area contributed by atoms with Gasteiger partial charge in [0.15, 0.2) is 0 Å². The van der Waals surface area contributed by atoms with Gasteiger partial charge in [0.1, 0.15) is 0 Å². The number of hydrogen-bond acceptors (Lipinski definition) is 3. The van der Waals surface area contributed by atoms with Crippen LogP contribution in [-0.4, -0.2) is 26.8 Å². The predicted octanol–water partition coefficient (Wildman–Crippen LogP) is 2.57. The number of carbonyl (C=O) groups is 2. The molecule has 2 aromatic rings. The molecule has 2 N–H and O–H groups in total. The summed E-state index contributed by atoms with van der Waals surface area (Å²) in [5.74, 6) is -1.56. The average molecular weight is 339 g/mol. The molecule has 25 heavy (non-hydrogen) atoms. The normalized spacial score (nSPS) is 21.5. The number of carboxylic acid groups (broad SMARTS) is 1. The third-order valence-corrected chi connectivity index (χ3v) is 5.31. The van der Waals surface area contributed by atoms with Gasteiger partial charge >= 0.3 is 5.97 Å². The SMILES string of the molecule is Cc1nn2c(c1C(=O)NC1CC(C(=O)O)c3ccccc31)CCCC2. The third kappa shape index (κ3) is 2.62. The smallest absolute Gasteiger partial charge is 0.311 e. The first-order valence-electron chi connectivity index (χ1n) is 8.75. The number of benzene rings is 1. The van der Waals surface area contributed by atoms with Gasteiger partial charge in [0, 0.05) is 6.54 Å². The molecule has 2 heterocycles. The Morgan fingerprint density at radius 2 is 2.00 bits per heavy atom. The van der Waals surface area contributed by atoms with Crippen molar-refractivity contribution in [1.29, 1.82) is 0 Å². The number of fused-ring (bicyclic) bond motifs is 2. The van der Waals surface area contributed by atoms with Crippen molar-refractivity contribution < 1.29 is 14.7 Å². The van der Waals surface area contributed by atoms with Crippen LogP contribution >= 0.6 is 0 Å². The van der Waals surface area contributed by atoms with Gasteiger partial charge in [0.25, 0.3) is 5.91 Å². The van der Waals surface area contributed by atoms with E-state index in [1.54, 1.807) is 0 Å². The second-order valence-corrected chi connectivity index (χ2v) is 6.87. The molecular weight excluding hydrogens is 318 g/mol. The van der Waals surface area contributed by atoms with Crippen LogP contribution in [0.4, 0.5) is 0 Å². The molecule has 1 aromatic heterocycles. The van der Waals surface area contributed by atoms with Crippen molar-refractivity contribution in [3.05, 3.63) is 52.3 Å². The van der Waals surface area contributed by atoms with Gasteiger partial charge < -0.3 is 10.4 Å². The molecule has 0 fully saturated rings. The van der Waals surface area contributed by atoms with Crippen LogP contribution in [0.1, 0.15) is 64.1 Å². The fourth-order valence-electron chi connectivity index (χ4n) is 4.15. The summed E-state index contributed by atoms with van der Waals surface area (Å²) >= 11 is 0. The van der Waals surface area contributed by atoms with Crippen LogP contribution in [0.5, 0.6) is 0 Å². The van der Waals surface area contributed by atoms with Gasteiger partial charge in [0.2, 0.25) is 0 Å². The van der Waals surface area contributed by atoms with Crippen LogP contribution in [0.25, 0.3) is 0 Å². The van der Waals surface area contributed by atoms with Gasteiger partial charge in [0.05, 0.1) is 28.9 Å². The van der Waals surface area contributed by atoms with Crippen molar-refractivity contribution in [2.24, 2.45) is 0 Å². The maximum atomic E-state index is 12.9. The fourth-order valence-corrected chi connectivity index (χ4v) is 4.15. The van der Waals surface area contributed by atoms with E-state index in [9.17, 15) is 14.7 Å². The second-order valence-electron chi connectivity index (χ2n) is 6.87. The molecule has 2 aliphatic rings. The summed E-state index contributed by atoms with van der Waals surface area (Å²) in [5, 5.41) is 17.0. The number of nitrogens with zero attached hydrogens (tertiary/aromatic N) is 2. The van der Waals surface area contributed by atoms with E-state index in [4.69, 9.17) is 0 Å². The highest BCUT2D eigenvalue weighted by Crippen LogP contribution is 2.40. The lowest BCUT2D eigenvalue weighted by atomic mass is 10.0. The molecule has 6 nitrogen and oxygen atoms in total. The van der Waals surface area contributed by atoms with Crippen molar-refractivity contribution in [3.63, 3.8) is 0 Å². The molecule has 130 valence electrons. The summed E-state index contributed by atoms with van der Waals surface area (Å²) in [6.45, 7) is 2.72. The molecule has 2 atom stereocenters. The van der Waals surface area contributed by atoms with Crippen LogP contribution in [0.2, 0.25) is 0 Å². The summed E-state index contributed by atoms with van der Waals surface area (Å²) in [4.78, 5) is 24.5. The highest BCUT2D eigenvalue weighted by molar-refractivity contribution is 5.97. The van der Waals surface area contributed by atoms with E-state index in [2.05, 4.69) is 10.4 Å². The Morgan fingerprint density at radius 1 is 1.24 bits per heavy atom. The number of carbonyl (C=O) groups excluding carboxylic acids is 1. The number of aromatic nitrogens is 2. The average Bonchev–Trinajstić information content (AvgIpc) is 3.12. The summed E-state index contributed by atoms with van der Waals surface area (Å²) in [6, 6.07) is 7.20. The van der Waals surface area contributed by atoms with Crippen LogP contribution < -0.4 is 5.32 Å². The molecule has 0 bridgehead atoms. The maximum absolute atomic E-state index is 12.9. The van der Waals surface area contributed by atoms with Gasteiger partial charge in [-0.2, -0.15) is 5.10 Å². The minimum atomic E-state index is -0.844. The van der Waals surface area contributed by atoms with Gasteiger partial charge in [-0.3, -0.25) is 14.3 Å². The second kappa shape index (κ2) is 6.02. The zero-order valence-electron chi connectivity index (χ0n) is 14.2. The molecule has 0 saturated heterocycles. The fraction of sp³-hybridized carbons (Fsp3) is 0.421. The van der Waals surface area contributed by atoms with E-state index in [1.165, 1.54) is 0 Å². The molecule has 1 aliphatic carbocycles. The molecule has 2 unspecified atom stereocenters. The first-order valence-corrected chi connectivity index (χ1v) is 8.75. The first-order chi connectivity index (χ1) is 12.1. The zero-order chi connectivity index (χ0) is 17.6. The molecular formula is C19H21N3O3. The summed E-state index contributed by atoms with van der Waals surface area (Å²) < 4.78 is 1.94. The first kappa shape index (κ1) is 15.9. The van der Waals surface area contributed by atoms with E-state index >= 15 is 0 Å². The van der Waals surface area contributed by atoms with E-state index < -0.39 is 11.9 Å². The largest absolute Gasteiger partial charge is 0.481 e. The summed E-state index contributed by atoms with van der Waals surface area (Å²) in [6.07, 6.45) is 3.41. The minimum absolute atomic E-state index is 0.147. The Hall–Kier alpha value is -2.63. The lowest BCUT2D eigenvalue weighted by molar-refractivity contribution is -0.138. The van der Waals surface area contributed by atoms with E-state index in [1.807, 2.05) is 35.9 Å². The quantitative estimate of drug-likeness (QED) is 0.900. The number of nitrogens with one attached hydrogen (secondary N) is 1. The van der Waals surface area contributed by atoms with Crippen LogP contribution in [-0.2, 0) is 17.8 Å². The highest BCUT2D eigenvalue weighted by Gasteiger charge is 2.36. The molecule has 0 radical (unpaired) electrons. The zero-order valence-corrected chi connectivity index (χ0v) is 14.2. The summed E-state index contributed by atoms with van der Waals surface area (Å²) in [7, 11) is 0. The standard InChI is InChI=1S/C19H21N3O3/c1-11-17(16-8-4-5-9-22(16)21-11)18(23)20-15-10-14(19(24)25)12-6-2-3-7-13(12)15/h2-3,6-7,14-15H,4-5,8-10H2,1H3,(H,20,23)(H,24,25). The van der Waals surface area contributed by atoms with Gasteiger partial charge in [-0.25, -0.2) is 0 Å². The predicted molar refractivity (Wildman–Crippen MR) is 91.5 cm³/mol. The van der Waals surface area contributed by atoms with Gasteiger partial charge in [-0.15, -0.1) is 0 Å². The number of hydrogen-bond donors (Lipinski definition) is 2. The molecule has 0 spiro atoms. The molecule has 6 heteroatoms. The van der Waals surface area contributed by atoms with Crippen molar-refractivity contribution in [2.45, 2.75) is 51.1 Å². The van der Waals surface area contributed by atoms with Gasteiger partial charge in [-0.1, -0.05) is 24.3 Å². The molecule has 0 saturated carbocycles. The number of aryl methyl sites for hydroxylation is 2. The highest BCUT2D eigenvalue weighted by atomic mass is 16.4. The number of rotatable bonds is 3. The van der Waals surface area contributed by atoms with E-state index in [0.29, 0.717) is 12.0 Å². The van der Waals surface area contributed by atoms with E-state index in [-0.39, 0.29) is 11.9 Å². The van der Waals surface area contributed by atoms with Crippen molar-refractivity contribution in [2.75, 3.05) is 0 Å². The third-order valence-electron chi connectivity index (χ3n) is 5.31. The maximum Gasteiger partial charge on any atom is 0.311 e. The Labute approximate surface area is 145 Å². The van der Waals surface area contributed by atoms with E-state index in [0.717, 1.165) is 48.3 Å². The molecule has 1 aromatic carbocycles. The van der Waals surface area contributed by atoms with Crippen molar-refractivity contribution in [3.8, 4) is 0 Å². The minimum Gasteiger partial charge on any atom is -0.481 e. The molecule has 4 rings (SSSR count). The topological polar surface area (TPSA) is 84.2 Å². The lowest BCUT2D eigenvalue weighted by Crippen LogP contribution is -2.29. The lowest BCUT2D eigenvalue weighted by Gasteiger charge is -2.17. The van der Waals surface area contributed by atoms with Crippen LogP contribution in [0.3, 0.4) is 0 Å². The summed E-state index contributed by atoms with van der Waals surface area (Å²) in [5.41, 5.74) is 4.12. The number of amides is 1. The Bertz CT molecular complexity index is 856. The van der Waals surface area contributed by atoms with Gasteiger partial charge in [-0.05, 0) is 43.7 Å². The monoisotopic (exact) mass is 339 g/mol. The number of carboxylic acids is 1. The Morgan fingerprint density at radius 3 is 2.76 bits per heavy atom. The molecule has 1 aliphatic heterocycles. The van der Waals surface area contributed by atoms with Crippen molar-refractivity contribution in [1.82, 2.24) is 15.1 Å². The number of aliphatic carboxylic acids is 1.